The van der Waals surface area contributed by atoms with Crippen molar-refractivity contribution in [3.63, 3.8) is 0 Å². The largest absolute Gasteiger partial charge is 0.469 e. The summed E-state index contributed by atoms with van der Waals surface area (Å²) in [6.45, 7) is 3.78. The van der Waals surface area contributed by atoms with E-state index in [9.17, 15) is 9.59 Å². The zero-order valence-corrected chi connectivity index (χ0v) is 15.6. The van der Waals surface area contributed by atoms with Gasteiger partial charge in [0.25, 0.3) is 0 Å². The number of amides is 1. The van der Waals surface area contributed by atoms with Crippen LogP contribution >= 0.6 is 23.2 Å². The summed E-state index contributed by atoms with van der Waals surface area (Å²) >= 11 is 12.1. The number of ether oxygens (including phenoxy) is 1. The average Bonchev–Trinajstić information content (AvgIpc) is 2.59. The van der Waals surface area contributed by atoms with Gasteiger partial charge in [-0.05, 0) is 12.5 Å². The molecule has 2 heterocycles. The van der Waals surface area contributed by atoms with Crippen LogP contribution in [0.3, 0.4) is 0 Å². The van der Waals surface area contributed by atoms with Crippen molar-refractivity contribution in [3.05, 3.63) is 22.3 Å². The number of halogens is 2. The maximum absolute atomic E-state index is 11.9. The van der Waals surface area contributed by atoms with Gasteiger partial charge in [0.15, 0.2) is 0 Å². The van der Waals surface area contributed by atoms with Crippen LogP contribution in [-0.4, -0.2) is 68.1 Å². The molecule has 1 amide bonds. The molecule has 1 aliphatic heterocycles. The first kappa shape index (κ1) is 19.8. The number of pyridine rings is 1. The van der Waals surface area contributed by atoms with Crippen LogP contribution < -0.4 is 10.2 Å². The molecule has 7 nitrogen and oxygen atoms in total. The molecule has 0 bridgehead atoms. The van der Waals surface area contributed by atoms with Gasteiger partial charge in [0.05, 0.1) is 23.7 Å². The van der Waals surface area contributed by atoms with Crippen LogP contribution in [0.15, 0.2) is 12.3 Å². The maximum Gasteiger partial charge on any atom is 0.305 e. The number of hydrogen-bond acceptors (Lipinski definition) is 6. The fraction of sp³-hybridized carbons (Fsp3) is 0.562. The van der Waals surface area contributed by atoms with Crippen LogP contribution in [0.1, 0.15) is 12.8 Å². The molecule has 0 unspecified atom stereocenters. The number of aromatic nitrogens is 1. The zero-order valence-electron chi connectivity index (χ0n) is 14.1. The lowest BCUT2D eigenvalue weighted by Gasteiger charge is -2.35. The Labute approximate surface area is 157 Å². The van der Waals surface area contributed by atoms with Gasteiger partial charge in [-0.25, -0.2) is 4.98 Å². The van der Waals surface area contributed by atoms with Gasteiger partial charge in [-0.1, -0.05) is 23.2 Å². The molecule has 1 saturated heterocycles. The second-order valence-corrected chi connectivity index (χ2v) is 6.60. The van der Waals surface area contributed by atoms with Gasteiger partial charge in [0.1, 0.15) is 5.82 Å². The fourth-order valence-electron chi connectivity index (χ4n) is 2.58. The molecule has 1 fully saturated rings. The van der Waals surface area contributed by atoms with Crippen molar-refractivity contribution >= 4 is 40.9 Å². The monoisotopic (exact) mass is 388 g/mol. The molecule has 1 aliphatic rings. The molecule has 0 radical (unpaired) electrons. The lowest BCUT2D eigenvalue weighted by molar-refractivity contribution is -0.140. The van der Waals surface area contributed by atoms with Gasteiger partial charge in [-0.15, -0.1) is 0 Å². The number of nitrogens with zero attached hydrogens (tertiary/aromatic N) is 3. The Morgan fingerprint density at radius 2 is 2.00 bits per heavy atom. The quantitative estimate of drug-likeness (QED) is 0.564. The van der Waals surface area contributed by atoms with Crippen LogP contribution in [0.5, 0.6) is 0 Å². The lowest BCUT2D eigenvalue weighted by Crippen LogP contribution is -2.49. The third kappa shape index (κ3) is 6.34. The SMILES string of the molecule is COC(=O)CCCNC(=O)CN1CCN(c2ncc(Cl)cc2Cl)CC1. The van der Waals surface area contributed by atoms with Crippen molar-refractivity contribution in [2.24, 2.45) is 0 Å². The topological polar surface area (TPSA) is 74.8 Å². The number of hydrogen-bond donors (Lipinski definition) is 1. The highest BCUT2D eigenvalue weighted by molar-refractivity contribution is 6.36. The van der Waals surface area contributed by atoms with E-state index in [2.05, 4.69) is 24.8 Å². The minimum atomic E-state index is -0.264. The second-order valence-electron chi connectivity index (χ2n) is 5.75. The minimum Gasteiger partial charge on any atom is -0.469 e. The number of esters is 1. The van der Waals surface area contributed by atoms with E-state index >= 15 is 0 Å². The van der Waals surface area contributed by atoms with Crippen molar-refractivity contribution in [2.75, 3.05) is 51.3 Å². The molecule has 9 heteroatoms. The number of carbonyl (C=O) groups excluding carboxylic acids is 2. The third-order valence-electron chi connectivity index (χ3n) is 3.93. The van der Waals surface area contributed by atoms with E-state index in [1.807, 2.05) is 0 Å². The fourth-order valence-corrected chi connectivity index (χ4v) is 3.08. The standard InChI is InChI=1S/C16H22Cl2N4O3/c1-25-15(24)3-2-4-19-14(23)11-21-5-7-22(8-6-21)16-13(18)9-12(17)10-20-16/h9-10H,2-8,11H2,1H3,(H,19,23). The average molecular weight is 389 g/mol. The molecule has 1 aromatic rings. The molecular weight excluding hydrogens is 367 g/mol. The molecule has 1 N–H and O–H groups in total. The Kier molecular flexibility index (Phi) is 7.74. The number of rotatable bonds is 7. The molecule has 1 aromatic heterocycles. The first-order valence-corrected chi connectivity index (χ1v) is 8.87. The molecular formula is C16H22Cl2N4O3. The van der Waals surface area contributed by atoms with Gasteiger partial charge < -0.3 is 15.0 Å². The number of anilines is 1. The van der Waals surface area contributed by atoms with Crippen molar-refractivity contribution in [1.82, 2.24) is 15.2 Å². The van der Waals surface area contributed by atoms with Crippen LogP contribution in [0, 0.1) is 0 Å². The van der Waals surface area contributed by atoms with Crippen LogP contribution in [0.25, 0.3) is 0 Å². The summed E-state index contributed by atoms with van der Waals surface area (Å²) in [6, 6.07) is 1.68. The van der Waals surface area contributed by atoms with Crippen molar-refractivity contribution in [2.45, 2.75) is 12.8 Å². The molecule has 0 spiro atoms. The Bertz CT molecular complexity index is 607. The summed E-state index contributed by atoms with van der Waals surface area (Å²) in [6.07, 6.45) is 2.47. The van der Waals surface area contributed by atoms with E-state index in [0.29, 0.717) is 36.0 Å². The second kappa shape index (κ2) is 9.79. The number of piperazine rings is 1. The molecule has 2 rings (SSSR count). The van der Waals surface area contributed by atoms with E-state index in [1.165, 1.54) is 7.11 Å². The molecule has 25 heavy (non-hydrogen) atoms. The van der Waals surface area contributed by atoms with E-state index in [-0.39, 0.29) is 11.9 Å². The van der Waals surface area contributed by atoms with Crippen LogP contribution in [-0.2, 0) is 14.3 Å². The van der Waals surface area contributed by atoms with Crippen LogP contribution in [0.2, 0.25) is 10.0 Å². The number of nitrogens with one attached hydrogen (secondary N) is 1. The van der Waals surface area contributed by atoms with Crippen LogP contribution in [0.4, 0.5) is 5.82 Å². The first-order valence-electron chi connectivity index (χ1n) is 8.11. The highest BCUT2D eigenvalue weighted by Crippen LogP contribution is 2.26. The zero-order chi connectivity index (χ0) is 18.2. The van der Waals surface area contributed by atoms with Gasteiger partial charge in [-0.2, -0.15) is 0 Å². The summed E-state index contributed by atoms with van der Waals surface area (Å²) in [7, 11) is 1.35. The maximum atomic E-state index is 11.9. The summed E-state index contributed by atoms with van der Waals surface area (Å²) in [5.41, 5.74) is 0. The molecule has 0 aliphatic carbocycles. The smallest absolute Gasteiger partial charge is 0.305 e. The van der Waals surface area contributed by atoms with E-state index in [1.54, 1.807) is 12.3 Å². The highest BCUT2D eigenvalue weighted by Gasteiger charge is 2.21. The Morgan fingerprint density at radius 3 is 2.64 bits per heavy atom. The third-order valence-corrected chi connectivity index (χ3v) is 4.42. The number of methoxy groups -OCH3 is 1. The summed E-state index contributed by atoms with van der Waals surface area (Å²) in [4.78, 5) is 31.4. The van der Waals surface area contributed by atoms with E-state index in [0.717, 1.165) is 32.0 Å². The van der Waals surface area contributed by atoms with Gasteiger partial charge in [0, 0.05) is 45.3 Å². The normalized spacial score (nSPS) is 15.1. The minimum absolute atomic E-state index is 0.0408. The van der Waals surface area contributed by atoms with E-state index < -0.39 is 0 Å². The Morgan fingerprint density at radius 1 is 1.28 bits per heavy atom. The van der Waals surface area contributed by atoms with Gasteiger partial charge in [-0.3, -0.25) is 14.5 Å². The van der Waals surface area contributed by atoms with Gasteiger partial charge in [0.2, 0.25) is 5.91 Å². The first-order chi connectivity index (χ1) is 12.0. The van der Waals surface area contributed by atoms with E-state index in [4.69, 9.17) is 23.2 Å². The molecule has 0 saturated carbocycles. The van der Waals surface area contributed by atoms with Crippen molar-refractivity contribution in [1.29, 1.82) is 0 Å². The van der Waals surface area contributed by atoms with Gasteiger partial charge >= 0.3 is 5.97 Å². The Hall–Kier alpha value is -1.57. The van der Waals surface area contributed by atoms with Crippen molar-refractivity contribution < 1.29 is 14.3 Å². The van der Waals surface area contributed by atoms with Crippen molar-refractivity contribution in [3.8, 4) is 0 Å². The summed E-state index contributed by atoms with van der Waals surface area (Å²) in [5, 5.41) is 3.86. The highest BCUT2D eigenvalue weighted by atomic mass is 35.5. The predicted octanol–water partition coefficient (Wildman–Crippen LogP) is 1.58. The molecule has 0 atom stereocenters. The predicted molar refractivity (Wildman–Crippen MR) is 97.2 cm³/mol. The molecule has 138 valence electrons. The summed E-state index contributed by atoms with van der Waals surface area (Å²) < 4.78 is 4.55. The Balaban J connectivity index is 1.69. The summed E-state index contributed by atoms with van der Waals surface area (Å²) in [5.74, 6) is 0.416. The number of carbonyl (C=O) groups is 2. The lowest BCUT2D eigenvalue weighted by atomic mass is 10.3. The molecule has 0 aromatic carbocycles.